The third-order valence-electron chi connectivity index (χ3n) is 2.94. The maximum Gasteiger partial charge on any atom is 0.181 e. The summed E-state index contributed by atoms with van der Waals surface area (Å²) in [6, 6.07) is 5.81. The molecule has 2 N–H and O–H groups in total. The smallest absolute Gasteiger partial charge is 0.181 e. The number of anilines is 1. The standard InChI is InChI=1S/C12H12N4O/c1-7-11(15-16(2)12(7)13)8-3-4-9-10(5-8)17-6-14-9/h3-6H,13H2,1-2H3. The van der Waals surface area contributed by atoms with E-state index in [1.54, 1.807) is 4.68 Å². The molecular weight excluding hydrogens is 216 g/mol. The lowest BCUT2D eigenvalue weighted by atomic mass is 10.1. The van der Waals surface area contributed by atoms with Gasteiger partial charge >= 0.3 is 0 Å². The summed E-state index contributed by atoms with van der Waals surface area (Å²) >= 11 is 0. The summed E-state index contributed by atoms with van der Waals surface area (Å²) in [5.41, 5.74) is 10.3. The number of benzene rings is 1. The normalized spacial score (nSPS) is 11.2. The van der Waals surface area contributed by atoms with Gasteiger partial charge in [-0.1, -0.05) is 6.07 Å². The van der Waals surface area contributed by atoms with Crippen LogP contribution in [0.25, 0.3) is 22.4 Å². The molecule has 0 aliphatic heterocycles. The first-order chi connectivity index (χ1) is 8.16. The quantitative estimate of drug-likeness (QED) is 0.692. The van der Waals surface area contributed by atoms with Crippen LogP contribution in [0.2, 0.25) is 0 Å². The van der Waals surface area contributed by atoms with Crippen molar-refractivity contribution in [2.24, 2.45) is 7.05 Å². The Morgan fingerprint density at radius 3 is 2.88 bits per heavy atom. The molecule has 2 heterocycles. The fourth-order valence-corrected chi connectivity index (χ4v) is 1.92. The molecule has 86 valence electrons. The van der Waals surface area contributed by atoms with Gasteiger partial charge in [0.2, 0.25) is 0 Å². The number of aromatic nitrogens is 3. The molecule has 3 aromatic rings. The zero-order chi connectivity index (χ0) is 12.0. The Kier molecular flexibility index (Phi) is 1.95. The second-order valence-electron chi connectivity index (χ2n) is 4.02. The van der Waals surface area contributed by atoms with Crippen molar-refractivity contribution in [3.63, 3.8) is 0 Å². The molecule has 0 saturated carbocycles. The number of hydrogen-bond donors (Lipinski definition) is 1. The summed E-state index contributed by atoms with van der Waals surface area (Å²) in [4.78, 5) is 4.08. The van der Waals surface area contributed by atoms with Crippen molar-refractivity contribution in [3.05, 3.63) is 30.2 Å². The van der Waals surface area contributed by atoms with Gasteiger partial charge in [0.15, 0.2) is 12.0 Å². The van der Waals surface area contributed by atoms with Crippen LogP contribution in [0.1, 0.15) is 5.56 Å². The minimum absolute atomic E-state index is 0.678. The molecule has 5 heteroatoms. The topological polar surface area (TPSA) is 69.9 Å². The van der Waals surface area contributed by atoms with E-state index < -0.39 is 0 Å². The number of nitrogen functional groups attached to an aromatic ring is 1. The van der Waals surface area contributed by atoms with Crippen molar-refractivity contribution in [1.29, 1.82) is 0 Å². The summed E-state index contributed by atoms with van der Waals surface area (Å²) in [6.07, 6.45) is 1.44. The lowest BCUT2D eigenvalue weighted by Gasteiger charge is -1.97. The molecule has 0 spiro atoms. The van der Waals surface area contributed by atoms with Gasteiger partial charge < -0.3 is 10.2 Å². The third-order valence-corrected chi connectivity index (χ3v) is 2.94. The highest BCUT2D eigenvalue weighted by Crippen LogP contribution is 2.28. The predicted molar refractivity (Wildman–Crippen MR) is 65.4 cm³/mol. The van der Waals surface area contributed by atoms with Crippen molar-refractivity contribution in [2.45, 2.75) is 6.92 Å². The lowest BCUT2D eigenvalue weighted by Crippen LogP contribution is -1.97. The zero-order valence-corrected chi connectivity index (χ0v) is 9.64. The van der Waals surface area contributed by atoms with E-state index in [9.17, 15) is 0 Å². The molecule has 1 aromatic carbocycles. The Balaban J connectivity index is 2.22. The fourth-order valence-electron chi connectivity index (χ4n) is 1.92. The minimum atomic E-state index is 0.678. The molecule has 0 atom stereocenters. The number of nitrogens with two attached hydrogens (primary N) is 1. The van der Waals surface area contributed by atoms with Crippen molar-refractivity contribution >= 4 is 16.9 Å². The van der Waals surface area contributed by atoms with Gasteiger partial charge in [0.25, 0.3) is 0 Å². The molecule has 17 heavy (non-hydrogen) atoms. The Morgan fingerprint density at radius 1 is 1.35 bits per heavy atom. The Labute approximate surface area is 97.9 Å². The summed E-state index contributed by atoms with van der Waals surface area (Å²) < 4.78 is 6.96. The van der Waals surface area contributed by atoms with Crippen LogP contribution in [0, 0.1) is 6.92 Å². The maximum atomic E-state index is 5.90. The number of nitrogens with zero attached hydrogens (tertiary/aromatic N) is 3. The first-order valence-corrected chi connectivity index (χ1v) is 5.29. The maximum absolute atomic E-state index is 5.90. The molecular formula is C12H12N4O. The highest BCUT2D eigenvalue weighted by molar-refractivity contribution is 5.80. The fraction of sp³-hybridized carbons (Fsp3) is 0.167. The second kappa shape index (κ2) is 3.35. The molecule has 5 nitrogen and oxygen atoms in total. The van der Waals surface area contributed by atoms with Crippen LogP contribution >= 0.6 is 0 Å². The lowest BCUT2D eigenvalue weighted by molar-refractivity contribution is 0.602. The minimum Gasteiger partial charge on any atom is -0.443 e. The van der Waals surface area contributed by atoms with E-state index in [1.807, 2.05) is 32.2 Å². The van der Waals surface area contributed by atoms with E-state index in [2.05, 4.69) is 10.1 Å². The third kappa shape index (κ3) is 1.39. The van der Waals surface area contributed by atoms with Gasteiger partial charge in [-0.25, -0.2) is 4.98 Å². The molecule has 0 fully saturated rings. The van der Waals surface area contributed by atoms with Crippen LogP contribution in [-0.2, 0) is 7.05 Å². The van der Waals surface area contributed by atoms with Crippen molar-refractivity contribution in [1.82, 2.24) is 14.8 Å². The average Bonchev–Trinajstić information content (AvgIpc) is 2.89. The van der Waals surface area contributed by atoms with Gasteiger partial charge in [0.05, 0.1) is 5.69 Å². The molecule has 0 aliphatic carbocycles. The van der Waals surface area contributed by atoms with Crippen LogP contribution in [0.4, 0.5) is 5.82 Å². The molecule has 0 unspecified atom stereocenters. The van der Waals surface area contributed by atoms with Crippen molar-refractivity contribution in [3.8, 4) is 11.3 Å². The van der Waals surface area contributed by atoms with Crippen LogP contribution in [0.5, 0.6) is 0 Å². The van der Waals surface area contributed by atoms with E-state index in [4.69, 9.17) is 10.2 Å². The highest BCUT2D eigenvalue weighted by atomic mass is 16.3. The van der Waals surface area contributed by atoms with E-state index in [-0.39, 0.29) is 0 Å². The Morgan fingerprint density at radius 2 is 2.18 bits per heavy atom. The Bertz CT molecular complexity index is 696. The van der Waals surface area contributed by atoms with Crippen molar-refractivity contribution < 1.29 is 4.42 Å². The summed E-state index contributed by atoms with van der Waals surface area (Å²) in [5.74, 6) is 0.678. The number of fused-ring (bicyclic) bond motifs is 1. The van der Waals surface area contributed by atoms with Gasteiger partial charge in [-0.3, -0.25) is 4.68 Å². The van der Waals surface area contributed by atoms with Gasteiger partial charge in [-0.15, -0.1) is 0 Å². The number of aryl methyl sites for hydroxylation is 1. The zero-order valence-electron chi connectivity index (χ0n) is 9.64. The van der Waals surface area contributed by atoms with Crippen LogP contribution < -0.4 is 5.73 Å². The molecule has 0 radical (unpaired) electrons. The first-order valence-electron chi connectivity index (χ1n) is 5.29. The van der Waals surface area contributed by atoms with Gasteiger partial charge in [0, 0.05) is 18.2 Å². The van der Waals surface area contributed by atoms with Crippen LogP contribution in [0.15, 0.2) is 29.0 Å². The van der Waals surface area contributed by atoms with Gasteiger partial charge in [0.1, 0.15) is 11.3 Å². The first kappa shape index (κ1) is 9.89. The number of oxazole rings is 1. The van der Waals surface area contributed by atoms with E-state index in [1.165, 1.54) is 6.39 Å². The van der Waals surface area contributed by atoms with Gasteiger partial charge in [-0.05, 0) is 19.1 Å². The number of hydrogen-bond acceptors (Lipinski definition) is 4. The van der Waals surface area contributed by atoms with E-state index >= 15 is 0 Å². The summed E-state index contributed by atoms with van der Waals surface area (Å²) in [6.45, 7) is 1.96. The molecule has 2 aromatic heterocycles. The molecule has 3 rings (SSSR count). The average molecular weight is 228 g/mol. The summed E-state index contributed by atoms with van der Waals surface area (Å²) in [7, 11) is 1.83. The summed E-state index contributed by atoms with van der Waals surface area (Å²) in [5, 5.41) is 4.40. The predicted octanol–water partition coefficient (Wildman–Crippen LogP) is 2.12. The van der Waals surface area contributed by atoms with E-state index in [0.717, 1.165) is 27.9 Å². The van der Waals surface area contributed by atoms with Crippen molar-refractivity contribution in [2.75, 3.05) is 5.73 Å². The van der Waals surface area contributed by atoms with Crippen LogP contribution in [-0.4, -0.2) is 14.8 Å². The number of rotatable bonds is 1. The molecule has 0 amide bonds. The Hall–Kier alpha value is -2.30. The van der Waals surface area contributed by atoms with Crippen LogP contribution in [0.3, 0.4) is 0 Å². The van der Waals surface area contributed by atoms with E-state index in [0.29, 0.717) is 5.82 Å². The largest absolute Gasteiger partial charge is 0.443 e. The molecule has 0 saturated heterocycles. The SMILES string of the molecule is Cc1c(-c2ccc3ncoc3c2)nn(C)c1N. The molecule has 0 aliphatic rings. The molecule has 0 bridgehead atoms. The second-order valence-corrected chi connectivity index (χ2v) is 4.02. The highest BCUT2D eigenvalue weighted by Gasteiger charge is 2.12. The van der Waals surface area contributed by atoms with Gasteiger partial charge in [-0.2, -0.15) is 5.10 Å². The monoisotopic (exact) mass is 228 g/mol.